The molecule has 0 saturated carbocycles. The zero-order valence-corrected chi connectivity index (χ0v) is 25.8. The summed E-state index contributed by atoms with van der Waals surface area (Å²) < 4.78 is 34.4. The average molecular weight is 640 g/mol. The van der Waals surface area contributed by atoms with E-state index in [-0.39, 0.29) is 46.7 Å². The Morgan fingerprint density at radius 2 is 1.73 bits per heavy atom. The van der Waals surface area contributed by atoms with Gasteiger partial charge >= 0.3 is 5.69 Å². The van der Waals surface area contributed by atoms with Crippen molar-refractivity contribution in [2.75, 3.05) is 23.3 Å². The number of carbonyl (C=O) groups excluding carboxylic acids is 2. The number of aromatic nitrogens is 4. The number of anilines is 3. The number of carbonyl (C=O) groups is 2. The highest BCUT2D eigenvalue weighted by Crippen LogP contribution is 2.40. The van der Waals surface area contributed by atoms with E-state index in [4.69, 9.17) is 11.6 Å². The van der Waals surface area contributed by atoms with Crippen LogP contribution in [0.2, 0.25) is 5.02 Å². The minimum atomic E-state index is -3.36. The number of nitrogens with one attached hydrogen (secondary N) is 1. The van der Waals surface area contributed by atoms with E-state index < -0.39 is 35.3 Å². The summed E-state index contributed by atoms with van der Waals surface area (Å²) in [4.78, 5) is 50.2. The maximum absolute atomic E-state index is 15.6. The van der Waals surface area contributed by atoms with Crippen molar-refractivity contribution in [3.8, 4) is 0 Å². The molecule has 2 aromatic carbocycles. The van der Waals surface area contributed by atoms with Crippen molar-refractivity contribution < 1.29 is 23.5 Å². The van der Waals surface area contributed by atoms with Gasteiger partial charge in [-0.1, -0.05) is 30.7 Å². The summed E-state index contributed by atoms with van der Waals surface area (Å²) in [6.07, 6.45) is 1.71. The van der Waals surface area contributed by atoms with Crippen LogP contribution in [-0.4, -0.2) is 71.6 Å². The second-order valence-corrected chi connectivity index (χ2v) is 12.7. The standard InChI is InChI=1S/C31H32ClF2N7O4/c1-17-15-39(16-24(31(17,33)34)41-26(42)19-7-5-6-8-20(19)27(41)43)28-35-14-21(32)25(37-28)36-18-9-10-22-23(13-18)40(29(44)38(22)4)12-11-30(2,3)45/h5-10,13-14,17,24,45H,11-12,15-16H2,1-4H3,(H,35,36,37)/t17-,24+/m1/s1. The molecular formula is C31H32ClF2N7O4. The molecule has 0 aliphatic carbocycles. The van der Waals surface area contributed by atoms with Gasteiger partial charge < -0.3 is 15.3 Å². The number of imide groups is 1. The van der Waals surface area contributed by atoms with Gasteiger partial charge in [-0.15, -0.1) is 0 Å². The number of aryl methyl sites for hydroxylation is 2. The van der Waals surface area contributed by atoms with Crippen LogP contribution in [0.4, 0.5) is 26.2 Å². The van der Waals surface area contributed by atoms with Crippen molar-refractivity contribution in [2.24, 2.45) is 13.0 Å². The molecule has 2 atom stereocenters. The number of amides is 2. The predicted octanol–water partition coefficient (Wildman–Crippen LogP) is 4.44. The van der Waals surface area contributed by atoms with Crippen molar-refractivity contribution in [2.45, 2.75) is 51.3 Å². The van der Waals surface area contributed by atoms with E-state index in [0.29, 0.717) is 34.6 Å². The minimum Gasteiger partial charge on any atom is -0.390 e. The lowest BCUT2D eigenvalue weighted by atomic mass is 9.90. The molecular weight excluding hydrogens is 608 g/mol. The Kier molecular flexibility index (Phi) is 7.44. The molecule has 0 spiro atoms. The third-order valence-corrected chi connectivity index (χ3v) is 8.77. The number of alkyl halides is 2. The Morgan fingerprint density at radius 1 is 1.07 bits per heavy atom. The number of nitrogens with zero attached hydrogens (tertiary/aromatic N) is 6. The first-order chi connectivity index (χ1) is 21.2. The maximum atomic E-state index is 15.6. The summed E-state index contributed by atoms with van der Waals surface area (Å²) in [6.45, 7) is 4.51. The molecule has 45 heavy (non-hydrogen) atoms. The maximum Gasteiger partial charge on any atom is 0.328 e. The molecule has 0 unspecified atom stereocenters. The molecule has 11 nitrogen and oxygen atoms in total. The van der Waals surface area contributed by atoms with Crippen LogP contribution in [0, 0.1) is 5.92 Å². The zero-order valence-electron chi connectivity index (χ0n) is 25.1. The van der Waals surface area contributed by atoms with Crippen LogP contribution in [-0.2, 0) is 13.6 Å². The average Bonchev–Trinajstić information content (AvgIpc) is 3.37. The van der Waals surface area contributed by atoms with Crippen LogP contribution >= 0.6 is 11.6 Å². The molecule has 2 aliphatic rings. The largest absolute Gasteiger partial charge is 0.390 e. The lowest BCUT2D eigenvalue weighted by Gasteiger charge is -2.45. The summed E-state index contributed by atoms with van der Waals surface area (Å²) in [5.74, 6) is -5.82. The highest BCUT2D eigenvalue weighted by Gasteiger charge is 2.57. The first-order valence-corrected chi connectivity index (χ1v) is 14.9. The number of benzene rings is 2. The SMILES string of the molecule is C[C@@H]1CN(c2ncc(Cl)c(Nc3ccc4c(c3)n(CCC(C)(C)O)c(=O)n4C)n2)C[C@H](N2C(=O)c3ccccc3C2=O)C1(F)F. The molecule has 2 amide bonds. The van der Waals surface area contributed by atoms with Gasteiger partial charge in [0.25, 0.3) is 17.7 Å². The molecule has 0 bridgehead atoms. The number of fused-ring (bicyclic) bond motifs is 2. The Morgan fingerprint density at radius 3 is 2.38 bits per heavy atom. The third-order valence-electron chi connectivity index (χ3n) is 8.50. The van der Waals surface area contributed by atoms with Gasteiger partial charge in [-0.05, 0) is 50.6 Å². The smallest absolute Gasteiger partial charge is 0.328 e. The number of halogens is 3. The predicted molar refractivity (Wildman–Crippen MR) is 165 cm³/mol. The fourth-order valence-corrected chi connectivity index (χ4v) is 6.06. The van der Waals surface area contributed by atoms with Crippen molar-refractivity contribution in [1.29, 1.82) is 0 Å². The quantitative estimate of drug-likeness (QED) is 0.284. The van der Waals surface area contributed by atoms with Crippen LogP contribution in [0.25, 0.3) is 11.0 Å². The van der Waals surface area contributed by atoms with Gasteiger partial charge in [-0.3, -0.25) is 23.6 Å². The summed E-state index contributed by atoms with van der Waals surface area (Å²) in [7, 11) is 1.67. The highest BCUT2D eigenvalue weighted by atomic mass is 35.5. The van der Waals surface area contributed by atoms with Crippen LogP contribution in [0.1, 0.15) is 47.9 Å². The van der Waals surface area contributed by atoms with Gasteiger partial charge in [0, 0.05) is 38.3 Å². The van der Waals surface area contributed by atoms with Crippen molar-refractivity contribution in [3.05, 3.63) is 75.3 Å². The van der Waals surface area contributed by atoms with Gasteiger partial charge in [0.2, 0.25) is 5.95 Å². The lowest BCUT2D eigenvalue weighted by Crippen LogP contribution is -2.64. The van der Waals surface area contributed by atoms with Gasteiger partial charge in [0.15, 0.2) is 5.82 Å². The van der Waals surface area contributed by atoms with Crippen molar-refractivity contribution in [1.82, 2.24) is 24.0 Å². The normalized spacial score (nSPS) is 19.8. The van der Waals surface area contributed by atoms with Gasteiger partial charge in [0.05, 0.1) is 34.0 Å². The van der Waals surface area contributed by atoms with E-state index in [0.717, 1.165) is 0 Å². The number of rotatable bonds is 7. The second-order valence-electron chi connectivity index (χ2n) is 12.3. The molecule has 2 aromatic heterocycles. The zero-order chi connectivity index (χ0) is 32.4. The summed E-state index contributed by atoms with van der Waals surface area (Å²) in [5, 5.41) is 13.5. The van der Waals surface area contributed by atoms with Gasteiger partial charge in [0.1, 0.15) is 11.1 Å². The molecule has 0 radical (unpaired) electrons. The molecule has 1 fully saturated rings. The molecule has 2 N–H and O–H groups in total. The minimum absolute atomic E-state index is 0.0914. The Labute approximate surface area is 262 Å². The fourth-order valence-electron chi connectivity index (χ4n) is 5.92. The Hall–Kier alpha value is -4.36. The summed E-state index contributed by atoms with van der Waals surface area (Å²) in [5.41, 5.74) is 0.889. The molecule has 236 valence electrons. The molecule has 14 heteroatoms. The topological polar surface area (TPSA) is 126 Å². The molecule has 6 rings (SSSR count). The number of aliphatic hydroxyl groups is 1. The van der Waals surface area contributed by atoms with E-state index >= 15 is 8.78 Å². The van der Waals surface area contributed by atoms with E-state index in [1.807, 2.05) is 0 Å². The lowest BCUT2D eigenvalue weighted by molar-refractivity contribution is -0.111. The highest BCUT2D eigenvalue weighted by molar-refractivity contribution is 6.33. The monoisotopic (exact) mass is 639 g/mol. The molecule has 4 heterocycles. The molecule has 2 aliphatic heterocycles. The van der Waals surface area contributed by atoms with Crippen LogP contribution in [0.5, 0.6) is 0 Å². The van der Waals surface area contributed by atoms with E-state index in [1.54, 1.807) is 55.8 Å². The van der Waals surface area contributed by atoms with E-state index in [1.165, 1.54) is 34.7 Å². The molecule has 4 aromatic rings. The Bertz CT molecular complexity index is 1870. The second kappa shape index (κ2) is 10.9. The molecule has 1 saturated heterocycles. The summed E-state index contributed by atoms with van der Waals surface area (Å²) >= 11 is 6.45. The number of hydrogen-bond acceptors (Lipinski definition) is 8. The van der Waals surface area contributed by atoms with Gasteiger partial charge in [-0.2, -0.15) is 4.98 Å². The third kappa shape index (κ3) is 5.33. The number of piperidine rings is 1. The first-order valence-electron chi connectivity index (χ1n) is 14.5. The van der Waals surface area contributed by atoms with Crippen molar-refractivity contribution >= 4 is 51.9 Å². The van der Waals surface area contributed by atoms with Crippen LogP contribution in [0.3, 0.4) is 0 Å². The summed E-state index contributed by atoms with van der Waals surface area (Å²) in [6, 6.07) is 9.63. The van der Waals surface area contributed by atoms with E-state index in [2.05, 4.69) is 15.3 Å². The van der Waals surface area contributed by atoms with E-state index in [9.17, 15) is 19.5 Å². The van der Waals surface area contributed by atoms with Crippen LogP contribution < -0.4 is 15.9 Å². The fraction of sp³-hybridized carbons (Fsp3) is 0.387. The number of hydrogen-bond donors (Lipinski definition) is 2. The Balaban J connectivity index is 1.29. The number of imidazole rings is 1. The first kappa shape index (κ1) is 30.7. The van der Waals surface area contributed by atoms with Crippen LogP contribution in [0.15, 0.2) is 53.5 Å². The van der Waals surface area contributed by atoms with Gasteiger partial charge in [-0.25, -0.2) is 18.6 Å². The van der Waals surface area contributed by atoms with Crippen molar-refractivity contribution in [3.63, 3.8) is 0 Å².